The third kappa shape index (κ3) is 4.58. The molecular formula is C20H20ClN3O5S. The lowest BCUT2D eigenvalue weighted by atomic mass is 10.3. The third-order valence-corrected chi connectivity index (χ3v) is 6.56. The summed E-state index contributed by atoms with van der Waals surface area (Å²) in [5, 5.41) is 6.92. The summed E-state index contributed by atoms with van der Waals surface area (Å²) < 4.78 is 38.0. The summed E-state index contributed by atoms with van der Waals surface area (Å²) in [6.07, 6.45) is 0. The van der Waals surface area contributed by atoms with Gasteiger partial charge in [0, 0.05) is 10.7 Å². The normalized spacial score (nSPS) is 11.2. The number of sulfonamides is 1. The number of nitrogens with zero attached hydrogens (tertiary/aromatic N) is 2. The molecule has 3 rings (SSSR count). The first-order valence-corrected chi connectivity index (χ1v) is 10.7. The number of aromatic nitrogens is 1. The molecule has 0 saturated carbocycles. The van der Waals surface area contributed by atoms with Gasteiger partial charge in [-0.25, -0.2) is 8.42 Å². The SMILES string of the molecule is COc1ccc(N(CC(=O)Nc2ccc(Cl)cc2)S(=O)(=O)c2c(C)noc2C)cc1. The number of amides is 1. The van der Waals surface area contributed by atoms with E-state index >= 15 is 0 Å². The fourth-order valence-electron chi connectivity index (χ4n) is 2.88. The van der Waals surface area contributed by atoms with Crippen molar-refractivity contribution < 1.29 is 22.5 Å². The number of carbonyl (C=O) groups is 1. The Morgan fingerprint density at radius 3 is 2.30 bits per heavy atom. The van der Waals surface area contributed by atoms with Crippen LogP contribution >= 0.6 is 11.6 Å². The summed E-state index contributed by atoms with van der Waals surface area (Å²) in [6, 6.07) is 12.8. The average Bonchev–Trinajstić information content (AvgIpc) is 3.07. The van der Waals surface area contributed by atoms with Crippen molar-refractivity contribution in [3.63, 3.8) is 0 Å². The van der Waals surface area contributed by atoms with Gasteiger partial charge in [0.2, 0.25) is 5.91 Å². The van der Waals surface area contributed by atoms with Crippen molar-refractivity contribution in [2.24, 2.45) is 0 Å². The Kier molecular flexibility index (Phi) is 6.33. The van der Waals surface area contributed by atoms with E-state index in [1.807, 2.05) is 0 Å². The van der Waals surface area contributed by atoms with E-state index in [4.69, 9.17) is 20.9 Å². The first-order valence-electron chi connectivity index (χ1n) is 8.87. The maximum absolute atomic E-state index is 13.4. The number of hydrogen-bond acceptors (Lipinski definition) is 6. The quantitative estimate of drug-likeness (QED) is 0.588. The molecule has 1 aromatic heterocycles. The molecule has 0 bridgehead atoms. The Labute approximate surface area is 179 Å². The van der Waals surface area contributed by atoms with Crippen molar-refractivity contribution in [1.29, 1.82) is 0 Å². The van der Waals surface area contributed by atoms with E-state index in [1.54, 1.807) is 48.5 Å². The Balaban J connectivity index is 1.96. The number of carbonyl (C=O) groups excluding carboxylic acids is 1. The van der Waals surface area contributed by atoms with E-state index in [2.05, 4.69) is 10.5 Å². The van der Waals surface area contributed by atoms with E-state index < -0.39 is 22.5 Å². The van der Waals surface area contributed by atoms with Crippen LogP contribution in [0.1, 0.15) is 11.5 Å². The zero-order valence-electron chi connectivity index (χ0n) is 16.5. The fourth-order valence-corrected chi connectivity index (χ4v) is 4.72. The maximum Gasteiger partial charge on any atom is 0.270 e. The van der Waals surface area contributed by atoms with Crippen LogP contribution in [0.2, 0.25) is 5.02 Å². The molecule has 0 atom stereocenters. The van der Waals surface area contributed by atoms with Crippen molar-refractivity contribution in [3.05, 3.63) is 65.0 Å². The largest absolute Gasteiger partial charge is 0.497 e. The molecule has 0 radical (unpaired) electrons. The zero-order valence-corrected chi connectivity index (χ0v) is 18.1. The minimum absolute atomic E-state index is 0.0717. The zero-order chi connectivity index (χ0) is 21.9. The van der Waals surface area contributed by atoms with Gasteiger partial charge in [0.25, 0.3) is 10.0 Å². The highest BCUT2D eigenvalue weighted by Gasteiger charge is 2.32. The number of ether oxygens (including phenoxy) is 1. The number of anilines is 2. The molecule has 2 aromatic carbocycles. The molecule has 3 aromatic rings. The summed E-state index contributed by atoms with van der Waals surface area (Å²) >= 11 is 5.86. The predicted octanol–water partition coefficient (Wildman–Crippen LogP) is 3.79. The Morgan fingerprint density at radius 2 is 1.77 bits per heavy atom. The van der Waals surface area contributed by atoms with Crippen molar-refractivity contribution >= 4 is 38.9 Å². The lowest BCUT2D eigenvalue weighted by Gasteiger charge is -2.24. The van der Waals surface area contributed by atoms with Gasteiger partial charge in [-0.2, -0.15) is 0 Å². The minimum atomic E-state index is -4.13. The second-order valence-electron chi connectivity index (χ2n) is 6.42. The molecule has 1 heterocycles. The van der Waals surface area contributed by atoms with Crippen LogP contribution in [-0.2, 0) is 14.8 Å². The predicted molar refractivity (Wildman–Crippen MR) is 114 cm³/mol. The minimum Gasteiger partial charge on any atom is -0.497 e. The van der Waals surface area contributed by atoms with Crippen LogP contribution in [0.5, 0.6) is 5.75 Å². The van der Waals surface area contributed by atoms with Crippen LogP contribution in [0, 0.1) is 13.8 Å². The molecule has 158 valence electrons. The van der Waals surface area contributed by atoms with Gasteiger partial charge in [0.1, 0.15) is 18.0 Å². The summed E-state index contributed by atoms with van der Waals surface area (Å²) in [4.78, 5) is 12.6. The molecule has 0 aliphatic rings. The molecule has 0 spiro atoms. The van der Waals surface area contributed by atoms with Crippen LogP contribution in [-0.4, -0.2) is 33.1 Å². The van der Waals surface area contributed by atoms with E-state index in [0.717, 1.165) is 4.31 Å². The fraction of sp³-hybridized carbons (Fsp3) is 0.200. The van der Waals surface area contributed by atoms with E-state index in [9.17, 15) is 13.2 Å². The van der Waals surface area contributed by atoms with Crippen molar-refractivity contribution in [1.82, 2.24) is 5.16 Å². The summed E-state index contributed by atoms with van der Waals surface area (Å²) in [5.74, 6) is 0.173. The lowest BCUT2D eigenvalue weighted by molar-refractivity contribution is -0.114. The second-order valence-corrected chi connectivity index (χ2v) is 8.65. The molecular weight excluding hydrogens is 430 g/mol. The van der Waals surface area contributed by atoms with Gasteiger partial charge in [-0.05, 0) is 62.4 Å². The van der Waals surface area contributed by atoms with Crippen molar-refractivity contribution in [3.8, 4) is 5.75 Å². The van der Waals surface area contributed by atoms with Crippen LogP contribution in [0.25, 0.3) is 0 Å². The summed E-state index contributed by atoms with van der Waals surface area (Å²) in [7, 11) is -2.62. The molecule has 10 heteroatoms. The van der Waals surface area contributed by atoms with E-state index in [-0.39, 0.29) is 16.3 Å². The topological polar surface area (TPSA) is 102 Å². The van der Waals surface area contributed by atoms with Gasteiger partial charge in [0.15, 0.2) is 10.7 Å². The van der Waals surface area contributed by atoms with E-state index in [1.165, 1.54) is 21.0 Å². The first kappa shape index (κ1) is 21.7. The molecule has 0 aliphatic carbocycles. The van der Waals surface area contributed by atoms with Gasteiger partial charge in [-0.15, -0.1) is 0 Å². The molecule has 0 unspecified atom stereocenters. The molecule has 0 fully saturated rings. The molecule has 0 aliphatic heterocycles. The summed E-state index contributed by atoms with van der Waals surface area (Å²) in [6.45, 7) is 2.58. The van der Waals surface area contributed by atoms with E-state index in [0.29, 0.717) is 22.1 Å². The molecule has 8 nitrogen and oxygen atoms in total. The highest BCUT2D eigenvalue weighted by atomic mass is 35.5. The molecule has 30 heavy (non-hydrogen) atoms. The number of methoxy groups -OCH3 is 1. The van der Waals surface area contributed by atoms with Crippen LogP contribution in [0.3, 0.4) is 0 Å². The average molecular weight is 450 g/mol. The third-order valence-electron chi connectivity index (χ3n) is 4.29. The Hall–Kier alpha value is -3.04. The Bertz CT molecular complexity index is 1120. The smallest absolute Gasteiger partial charge is 0.270 e. The number of halogens is 1. The highest BCUT2D eigenvalue weighted by Crippen LogP contribution is 2.29. The second kappa shape index (κ2) is 8.76. The van der Waals surface area contributed by atoms with Crippen LogP contribution in [0.4, 0.5) is 11.4 Å². The van der Waals surface area contributed by atoms with Gasteiger partial charge < -0.3 is 14.6 Å². The summed E-state index contributed by atoms with van der Waals surface area (Å²) in [5.41, 5.74) is 1.000. The number of rotatable bonds is 7. The number of nitrogens with one attached hydrogen (secondary N) is 1. The highest BCUT2D eigenvalue weighted by molar-refractivity contribution is 7.93. The number of aryl methyl sites for hydroxylation is 2. The van der Waals surface area contributed by atoms with Crippen LogP contribution < -0.4 is 14.4 Å². The van der Waals surface area contributed by atoms with Gasteiger partial charge >= 0.3 is 0 Å². The first-order chi connectivity index (χ1) is 14.2. The molecule has 1 amide bonds. The van der Waals surface area contributed by atoms with Gasteiger partial charge in [-0.1, -0.05) is 16.8 Å². The Morgan fingerprint density at radius 1 is 1.13 bits per heavy atom. The lowest BCUT2D eigenvalue weighted by Crippen LogP contribution is -2.38. The molecule has 1 N–H and O–H groups in total. The monoisotopic (exact) mass is 449 g/mol. The van der Waals surface area contributed by atoms with Crippen molar-refractivity contribution in [2.75, 3.05) is 23.3 Å². The van der Waals surface area contributed by atoms with Crippen molar-refractivity contribution in [2.45, 2.75) is 18.7 Å². The maximum atomic E-state index is 13.4. The number of benzene rings is 2. The molecule has 0 saturated heterocycles. The van der Waals surface area contributed by atoms with Crippen LogP contribution in [0.15, 0.2) is 57.9 Å². The van der Waals surface area contributed by atoms with Gasteiger partial charge in [-0.3, -0.25) is 9.10 Å². The number of hydrogen-bond donors (Lipinski definition) is 1. The van der Waals surface area contributed by atoms with Gasteiger partial charge in [0.05, 0.1) is 12.8 Å². The standard InChI is InChI=1S/C20H20ClN3O5S/c1-13-20(14(2)29-23-13)30(26,27)24(17-8-10-18(28-3)11-9-17)12-19(25)22-16-6-4-15(21)5-7-16/h4-11H,12H2,1-3H3,(H,22,25).